The fourth-order valence-corrected chi connectivity index (χ4v) is 1.99. The smallest absolute Gasteiger partial charge is 0.254 e. The van der Waals surface area contributed by atoms with Gasteiger partial charge in [0, 0.05) is 7.11 Å². The average molecular weight is 278 g/mol. The van der Waals surface area contributed by atoms with E-state index in [1.54, 1.807) is 12.1 Å². The van der Waals surface area contributed by atoms with E-state index in [0.29, 0.717) is 6.42 Å². The van der Waals surface area contributed by atoms with Crippen LogP contribution >= 0.6 is 0 Å². The van der Waals surface area contributed by atoms with E-state index in [9.17, 15) is 9.59 Å². The molecule has 1 aromatic carbocycles. The van der Waals surface area contributed by atoms with Crippen molar-refractivity contribution < 1.29 is 14.3 Å². The first-order valence-corrected chi connectivity index (χ1v) is 6.63. The molecule has 1 aromatic rings. The zero-order valence-corrected chi connectivity index (χ0v) is 12.1. The maximum absolute atomic E-state index is 12.2. The highest BCUT2D eigenvalue weighted by molar-refractivity contribution is 5.89. The molecule has 0 unspecified atom stereocenters. The lowest BCUT2D eigenvalue weighted by molar-refractivity contribution is -0.135. The summed E-state index contributed by atoms with van der Waals surface area (Å²) in [4.78, 5) is 23.6. The zero-order chi connectivity index (χ0) is 15.1. The number of ether oxygens (including phenoxy) is 1. The second kappa shape index (κ2) is 7.65. The molecule has 0 spiro atoms. The van der Waals surface area contributed by atoms with Crippen molar-refractivity contribution in [3.8, 4) is 0 Å². The topological polar surface area (TPSA) is 81.4 Å². The van der Waals surface area contributed by atoms with E-state index in [1.165, 1.54) is 7.11 Å². The molecule has 0 saturated heterocycles. The molecule has 20 heavy (non-hydrogen) atoms. The van der Waals surface area contributed by atoms with Crippen LogP contribution in [0.15, 0.2) is 30.3 Å². The van der Waals surface area contributed by atoms with E-state index in [0.717, 1.165) is 5.56 Å². The van der Waals surface area contributed by atoms with E-state index in [1.807, 2.05) is 32.0 Å². The molecule has 2 amide bonds. The summed E-state index contributed by atoms with van der Waals surface area (Å²) >= 11 is 0. The van der Waals surface area contributed by atoms with Crippen LogP contribution in [0.25, 0.3) is 0 Å². The number of nitrogens with one attached hydrogen (secondary N) is 1. The Labute approximate surface area is 119 Å². The molecule has 110 valence electrons. The summed E-state index contributed by atoms with van der Waals surface area (Å²) in [6, 6.07) is 8.44. The molecule has 3 N–H and O–H groups in total. The summed E-state index contributed by atoms with van der Waals surface area (Å²) < 4.78 is 5.22. The van der Waals surface area contributed by atoms with Gasteiger partial charge in [0.2, 0.25) is 5.91 Å². The second-order valence-electron chi connectivity index (χ2n) is 5.12. The summed E-state index contributed by atoms with van der Waals surface area (Å²) in [6.07, 6.45) is -0.239. The fourth-order valence-electron chi connectivity index (χ4n) is 1.99. The Morgan fingerprint density at radius 2 is 1.85 bits per heavy atom. The van der Waals surface area contributed by atoms with Gasteiger partial charge in [0.25, 0.3) is 5.91 Å². The summed E-state index contributed by atoms with van der Waals surface area (Å²) in [7, 11) is 1.46. The van der Waals surface area contributed by atoms with Crippen molar-refractivity contribution in [3.05, 3.63) is 35.9 Å². The Hall–Kier alpha value is -1.88. The molecule has 1 rings (SSSR count). The number of hydrogen-bond acceptors (Lipinski definition) is 3. The summed E-state index contributed by atoms with van der Waals surface area (Å²) in [6.45, 7) is 3.93. The highest BCUT2D eigenvalue weighted by Gasteiger charge is 2.25. The van der Waals surface area contributed by atoms with Crippen LogP contribution in [-0.4, -0.2) is 25.0 Å². The van der Waals surface area contributed by atoms with Gasteiger partial charge in [-0.1, -0.05) is 44.2 Å². The molecule has 0 saturated carbocycles. The SMILES string of the molecule is CO[C@H](C(=O)N[C@@H](CC(C)C)C(N)=O)c1ccccc1. The number of rotatable bonds is 7. The molecular formula is C15H22N2O3. The molecule has 0 aromatic heterocycles. The van der Waals surface area contributed by atoms with Crippen LogP contribution in [0, 0.1) is 5.92 Å². The van der Waals surface area contributed by atoms with E-state index in [-0.39, 0.29) is 11.8 Å². The van der Waals surface area contributed by atoms with Gasteiger partial charge in [-0.05, 0) is 17.9 Å². The van der Waals surface area contributed by atoms with Crippen molar-refractivity contribution in [3.63, 3.8) is 0 Å². The van der Waals surface area contributed by atoms with Crippen LogP contribution in [-0.2, 0) is 14.3 Å². The monoisotopic (exact) mass is 278 g/mol. The van der Waals surface area contributed by atoms with Crippen LogP contribution < -0.4 is 11.1 Å². The van der Waals surface area contributed by atoms with Crippen molar-refractivity contribution in [1.29, 1.82) is 0 Å². The standard InChI is InChI=1S/C15H22N2O3/c1-10(2)9-12(14(16)18)17-15(19)13(20-3)11-7-5-4-6-8-11/h4-8,10,12-13H,9H2,1-3H3,(H2,16,18)(H,17,19)/t12-,13-/m0/s1. The highest BCUT2D eigenvalue weighted by Crippen LogP contribution is 2.17. The van der Waals surface area contributed by atoms with Crippen LogP contribution in [0.2, 0.25) is 0 Å². The van der Waals surface area contributed by atoms with Gasteiger partial charge in [-0.2, -0.15) is 0 Å². The van der Waals surface area contributed by atoms with Crippen LogP contribution in [0.4, 0.5) is 0 Å². The summed E-state index contributed by atoms with van der Waals surface area (Å²) in [5, 5.41) is 2.66. The molecule has 0 aliphatic rings. The summed E-state index contributed by atoms with van der Waals surface area (Å²) in [5.41, 5.74) is 6.06. The van der Waals surface area contributed by atoms with Crippen molar-refractivity contribution in [2.75, 3.05) is 7.11 Å². The van der Waals surface area contributed by atoms with E-state index >= 15 is 0 Å². The Morgan fingerprint density at radius 1 is 1.25 bits per heavy atom. The van der Waals surface area contributed by atoms with E-state index < -0.39 is 18.1 Å². The Bertz CT molecular complexity index is 446. The third-order valence-corrected chi connectivity index (χ3v) is 2.94. The third kappa shape index (κ3) is 4.66. The minimum atomic E-state index is -0.745. The average Bonchev–Trinajstić information content (AvgIpc) is 2.39. The van der Waals surface area contributed by atoms with Gasteiger partial charge in [0.05, 0.1) is 0 Å². The lowest BCUT2D eigenvalue weighted by atomic mass is 10.0. The molecule has 0 aliphatic carbocycles. The van der Waals surface area contributed by atoms with Gasteiger partial charge in [0.15, 0.2) is 6.10 Å². The molecule has 0 heterocycles. The van der Waals surface area contributed by atoms with Crippen molar-refractivity contribution in [1.82, 2.24) is 5.32 Å². The fraction of sp³-hybridized carbons (Fsp3) is 0.467. The molecule has 0 aliphatic heterocycles. The van der Waals surface area contributed by atoms with Gasteiger partial charge in [-0.25, -0.2) is 0 Å². The molecule has 5 heteroatoms. The van der Waals surface area contributed by atoms with Gasteiger partial charge >= 0.3 is 0 Å². The lowest BCUT2D eigenvalue weighted by Crippen LogP contribution is -2.47. The highest BCUT2D eigenvalue weighted by atomic mass is 16.5. The molecular weight excluding hydrogens is 256 g/mol. The van der Waals surface area contributed by atoms with Crippen molar-refractivity contribution >= 4 is 11.8 Å². The minimum Gasteiger partial charge on any atom is -0.368 e. The van der Waals surface area contributed by atoms with E-state index in [4.69, 9.17) is 10.5 Å². The molecule has 0 radical (unpaired) electrons. The normalized spacial score (nSPS) is 13.8. The number of primary amides is 1. The van der Waals surface area contributed by atoms with Gasteiger partial charge in [-0.3, -0.25) is 9.59 Å². The van der Waals surface area contributed by atoms with E-state index in [2.05, 4.69) is 5.32 Å². The number of hydrogen-bond donors (Lipinski definition) is 2. The Kier molecular flexibility index (Phi) is 6.18. The zero-order valence-electron chi connectivity index (χ0n) is 12.1. The second-order valence-corrected chi connectivity index (χ2v) is 5.12. The van der Waals surface area contributed by atoms with Crippen LogP contribution in [0.1, 0.15) is 31.9 Å². The Morgan fingerprint density at radius 3 is 2.30 bits per heavy atom. The quantitative estimate of drug-likeness (QED) is 0.790. The molecule has 2 atom stereocenters. The van der Waals surface area contributed by atoms with Gasteiger partial charge < -0.3 is 15.8 Å². The number of nitrogens with two attached hydrogens (primary N) is 1. The predicted molar refractivity (Wildman–Crippen MR) is 76.8 cm³/mol. The maximum Gasteiger partial charge on any atom is 0.254 e. The molecule has 5 nitrogen and oxygen atoms in total. The minimum absolute atomic E-state index is 0.255. The van der Waals surface area contributed by atoms with Gasteiger partial charge in [-0.15, -0.1) is 0 Å². The van der Waals surface area contributed by atoms with Gasteiger partial charge in [0.1, 0.15) is 6.04 Å². The number of methoxy groups -OCH3 is 1. The first-order chi connectivity index (χ1) is 9.45. The first-order valence-electron chi connectivity index (χ1n) is 6.63. The predicted octanol–water partition coefficient (Wildman–Crippen LogP) is 1.39. The number of amides is 2. The van der Waals surface area contributed by atoms with Crippen molar-refractivity contribution in [2.24, 2.45) is 11.7 Å². The number of carbonyl (C=O) groups is 2. The number of carbonyl (C=O) groups excluding carboxylic acids is 2. The van der Waals surface area contributed by atoms with Crippen LogP contribution in [0.3, 0.4) is 0 Å². The Balaban J connectivity index is 2.78. The first kappa shape index (κ1) is 16.2. The largest absolute Gasteiger partial charge is 0.368 e. The van der Waals surface area contributed by atoms with Crippen molar-refractivity contribution in [2.45, 2.75) is 32.4 Å². The maximum atomic E-state index is 12.2. The third-order valence-electron chi connectivity index (χ3n) is 2.94. The number of benzene rings is 1. The summed E-state index contributed by atoms with van der Waals surface area (Å²) in [5.74, 6) is -0.636. The molecule has 0 fully saturated rings. The lowest BCUT2D eigenvalue weighted by Gasteiger charge is -2.21. The van der Waals surface area contributed by atoms with Crippen LogP contribution in [0.5, 0.6) is 0 Å². The molecule has 0 bridgehead atoms.